The van der Waals surface area contributed by atoms with E-state index in [4.69, 9.17) is 33.0 Å². The van der Waals surface area contributed by atoms with Gasteiger partial charge < -0.3 is 39.6 Å². The smallest absolute Gasteiger partial charge is 0.337 e. The summed E-state index contributed by atoms with van der Waals surface area (Å²) in [6, 6.07) is 31.1. The van der Waals surface area contributed by atoms with Gasteiger partial charge in [0.15, 0.2) is 12.2 Å². The highest BCUT2D eigenvalue weighted by molar-refractivity contribution is 9.09. The predicted octanol–water partition coefficient (Wildman–Crippen LogP) is 8.75. The van der Waals surface area contributed by atoms with Crippen molar-refractivity contribution in [3.05, 3.63) is 118 Å². The molecule has 0 aliphatic heterocycles. The van der Waals surface area contributed by atoms with Gasteiger partial charge in [-0.05, 0) is 124 Å². The first-order valence-electron chi connectivity index (χ1n) is 19.5. The highest BCUT2D eigenvalue weighted by atomic mass is 79.9. The van der Waals surface area contributed by atoms with Crippen molar-refractivity contribution in [3.8, 4) is 22.3 Å². The van der Waals surface area contributed by atoms with Crippen LogP contribution in [0.1, 0.15) is 45.2 Å². The number of ether oxygens (including phenoxy) is 3. The van der Waals surface area contributed by atoms with Crippen molar-refractivity contribution in [2.45, 2.75) is 85.5 Å². The number of esters is 3. The number of carboxylic acid groups (broad SMARTS) is 1. The molecule has 0 unspecified atom stereocenters. The molecule has 4 atom stereocenters. The van der Waals surface area contributed by atoms with Crippen molar-refractivity contribution in [3.63, 3.8) is 0 Å². The van der Waals surface area contributed by atoms with E-state index in [-0.39, 0.29) is 38.1 Å². The third-order valence-corrected chi connectivity index (χ3v) is 9.71. The number of aliphatic hydroxyl groups excluding tert-OH is 2. The maximum Gasteiger partial charge on any atom is 0.337 e. The second-order valence-corrected chi connectivity index (χ2v) is 15.9. The fourth-order valence-corrected chi connectivity index (χ4v) is 7.03. The molecule has 5 N–H and O–H groups in total. The van der Waals surface area contributed by atoms with E-state index in [1.165, 1.54) is 13.8 Å². The first-order chi connectivity index (χ1) is 28.9. The number of rotatable bonds is 19. The van der Waals surface area contributed by atoms with Crippen molar-refractivity contribution in [2.24, 2.45) is 11.8 Å². The zero-order chi connectivity index (χ0) is 45.5. The molecule has 0 heterocycles. The molecule has 0 aromatic heterocycles. The average Bonchev–Trinajstić information content (AvgIpc) is 3.18. The molecular weight excluding hydrogens is 905 g/mol. The van der Waals surface area contributed by atoms with E-state index in [1.54, 1.807) is 13.6 Å². The molecule has 17 heteroatoms. The lowest BCUT2D eigenvalue weighted by atomic mass is 9.62. The predicted molar refractivity (Wildman–Crippen MR) is 249 cm³/mol. The number of benzene rings is 4. The van der Waals surface area contributed by atoms with Crippen LogP contribution in [0.25, 0.3) is 22.3 Å². The Kier molecular flexibility index (Phi) is 27.0. The molecule has 4 aromatic carbocycles. The van der Waals surface area contributed by atoms with Crippen LogP contribution in [0.3, 0.4) is 0 Å². The molecule has 0 bridgehead atoms. The number of carbonyl (C=O) groups excluding carboxylic acids is 3. The zero-order valence-corrected chi connectivity index (χ0v) is 37.7. The summed E-state index contributed by atoms with van der Waals surface area (Å²) < 4.78 is 13.6. The van der Waals surface area contributed by atoms with Crippen molar-refractivity contribution in [1.29, 1.82) is 0 Å². The SMILES string of the molecule is C.CB(O)C[C@H](Cc1ccc(-c2cccc(Cl)c2)cc1)C[C@@H](O)C(=O)O.CB(O)C[C@H](Cc1ccc(-c2cccc(Cl)c2)cc1)C[C@@H](O)C(=O)OCOC(C)=O.CC(=O)OCBr. The topological polar surface area (TPSA) is 197 Å². The number of halogens is 3. The summed E-state index contributed by atoms with van der Waals surface area (Å²) >= 11 is 15.0. The monoisotopic (exact) mass is 960 g/mol. The molecule has 0 radical (unpaired) electrons. The number of alkyl halides is 1. The van der Waals surface area contributed by atoms with Crippen LogP contribution in [0, 0.1) is 11.8 Å². The molecule has 0 fully saturated rings. The second-order valence-electron chi connectivity index (χ2n) is 14.5. The highest BCUT2D eigenvalue weighted by Crippen LogP contribution is 2.27. The summed E-state index contributed by atoms with van der Waals surface area (Å²) in [6.45, 7) is 4.24. The van der Waals surface area contributed by atoms with Gasteiger partial charge in [-0.25, -0.2) is 9.59 Å². The van der Waals surface area contributed by atoms with Gasteiger partial charge in [0.2, 0.25) is 6.79 Å². The average molecular weight is 962 g/mol. The Bertz CT molecular complexity index is 1950. The molecule has 336 valence electrons. The molecule has 0 spiro atoms. The Morgan fingerprint density at radius 1 is 0.629 bits per heavy atom. The van der Waals surface area contributed by atoms with E-state index in [2.05, 4.69) is 25.4 Å². The molecule has 0 aliphatic carbocycles. The minimum atomic E-state index is -1.41. The standard InChI is InChI=1S/C22H26BClO6.C19H22BClO4.C3H5BrO2.CH4/c1-15(25)29-14-30-22(27)21(26)11-17(13-23(2)28)10-16-6-8-18(9-7-16)19-4-3-5-20(24)12-19;1-20(25)12-14(10-18(22)19(23)24)9-13-5-7-15(8-6-13)16-3-2-4-17(21)11-16;1-3(5)6-2-4;/h3-9,12,17,21,26,28H,10-11,13-14H2,1-2H3;2-8,11,14,18,22,25H,9-10,12H2,1H3,(H,23,24);2H2,1H3;1H4/t17-,21-;14-,18-;;/m11../s1. The zero-order valence-electron chi connectivity index (χ0n) is 34.6. The normalized spacial score (nSPS) is 12.2. The van der Waals surface area contributed by atoms with Crippen LogP contribution in [0.4, 0.5) is 0 Å². The maximum atomic E-state index is 11.9. The van der Waals surface area contributed by atoms with Crippen LogP contribution in [-0.2, 0) is 46.2 Å². The summed E-state index contributed by atoms with van der Waals surface area (Å²) in [5, 5.41) is 49.4. The molecule has 0 aliphatic rings. The van der Waals surface area contributed by atoms with Crippen LogP contribution in [-0.4, -0.2) is 87.6 Å². The number of aliphatic carboxylic acids is 1. The van der Waals surface area contributed by atoms with Crippen LogP contribution in [0.15, 0.2) is 97.1 Å². The van der Waals surface area contributed by atoms with E-state index in [0.29, 0.717) is 41.0 Å². The quantitative estimate of drug-likeness (QED) is 0.0260. The molecule has 4 aromatic rings. The van der Waals surface area contributed by atoms with Crippen LogP contribution in [0.2, 0.25) is 36.3 Å². The van der Waals surface area contributed by atoms with E-state index in [9.17, 15) is 39.4 Å². The lowest BCUT2D eigenvalue weighted by Crippen LogP contribution is -2.29. The van der Waals surface area contributed by atoms with E-state index in [0.717, 1.165) is 33.4 Å². The van der Waals surface area contributed by atoms with Crippen molar-refractivity contribution >= 4 is 76.8 Å². The van der Waals surface area contributed by atoms with Gasteiger partial charge >= 0.3 is 23.9 Å². The van der Waals surface area contributed by atoms with Crippen LogP contribution < -0.4 is 0 Å². The van der Waals surface area contributed by atoms with Gasteiger partial charge in [-0.1, -0.05) is 117 Å². The van der Waals surface area contributed by atoms with Crippen LogP contribution >= 0.6 is 39.1 Å². The van der Waals surface area contributed by atoms with Gasteiger partial charge in [0.05, 0.1) is 0 Å². The molecule has 0 amide bonds. The minimum absolute atomic E-state index is 0. The molecule has 62 heavy (non-hydrogen) atoms. The number of hydrogen-bond donors (Lipinski definition) is 5. The Balaban J connectivity index is 0.000000546. The Hall–Kier alpha value is -4.21. The van der Waals surface area contributed by atoms with Gasteiger partial charge in [-0.2, -0.15) is 0 Å². The minimum Gasteiger partial charge on any atom is -0.479 e. The third kappa shape index (κ3) is 23.3. The Labute approximate surface area is 383 Å². The third-order valence-electron chi connectivity index (χ3n) is 9.01. The number of carbonyl (C=O) groups is 4. The van der Waals surface area contributed by atoms with Gasteiger partial charge in [0.25, 0.3) is 13.8 Å². The van der Waals surface area contributed by atoms with Gasteiger partial charge in [-0.15, -0.1) is 0 Å². The van der Waals surface area contributed by atoms with Gasteiger partial charge in [-0.3, -0.25) is 9.59 Å². The molecule has 0 saturated carbocycles. The largest absolute Gasteiger partial charge is 0.479 e. The lowest BCUT2D eigenvalue weighted by Gasteiger charge is -2.20. The van der Waals surface area contributed by atoms with E-state index >= 15 is 0 Å². The van der Waals surface area contributed by atoms with Crippen LogP contribution in [0.5, 0.6) is 0 Å². The maximum absolute atomic E-state index is 11.9. The van der Waals surface area contributed by atoms with Crippen molar-refractivity contribution in [2.75, 3.05) is 12.3 Å². The summed E-state index contributed by atoms with van der Waals surface area (Å²) in [5.74, 6) is -3.17. The van der Waals surface area contributed by atoms with E-state index < -0.39 is 50.7 Å². The Morgan fingerprint density at radius 2 is 1.03 bits per heavy atom. The summed E-state index contributed by atoms with van der Waals surface area (Å²) in [6.07, 6.45) is -0.481. The summed E-state index contributed by atoms with van der Waals surface area (Å²) in [7, 11) is 0. The van der Waals surface area contributed by atoms with Gasteiger partial charge in [0, 0.05) is 23.9 Å². The number of hydrogen-bond acceptors (Lipinski definition) is 11. The first-order valence-corrected chi connectivity index (χ1v) is 21.4. The summed E-state index contributed by atoms with van der Waals surface area (Å²) in [5.41, 5.74) is 6.47. The van der Waals surface area contributed by atoms with Crippen molar-refractivity contribution in [1.82, 2.24) is 0 Å². The molecule has 4 rings (SSSR count). The Morgan fingerprint density at radius 3 is 1.35 bits per heavy atom. The molecule has 0 saturated heterocycles. The number of carboxylic acids is 1. The van der Waals surface area contributed by atoms with Gasteiger partial charge in [0.1, 0.15) is 5.52 Å². The first kappa shape index (κ1) is 55.8. The van der Waals surface area contributed by atoms with E-state index in [1.807, 2.05) is 97.1 Å². The second kappa shape index (κ2) is 30.0. The molecule has 12 nitrogen and oxygen atoms in total. The fourth-order valence-electron chi connectivity index (χ4n) is 6.33. The highest BCUT2D eigenvalue weighted by Gasteiger charge is 2.25. The fraction of sp³-hybridized carbons (Fsp3) is 0.378. The molecular formula is C45H57B2BrCl2O12. The summed E-state index contributed by atoms with van der Waals surface area (Å²) in [4.78, 5) is 43.3. The lowest BCUT2D eigenvalue weighted by molar-refractivity contribution is -0.172. The number of aliphatic hydroxyl groups is 2. The van der Waals surface area contributed by atoms with Crippen molar-refractivity contribution < 1.29 is 58.8 Å².